The van der Waals surface area contributed by atoms with Gasteiger partial charge in [-0.05, 0) is 19.9 Å². The van der Waals surface area contributed by atoms with Crippen molar-refractivity contribution in [3.8, 4) is 0 Å². The largest absolute Gasteiger partial charge is 0.465 e. The fraction of sp³-hybridized carbons (Fsp3) is 0.414. The number of halogens is 3. The van der Waals surface area contributed by atoms with Crippen LogP contribution >= 0.6 is 11.8 Å². The number of nitrogen functional groups attached to an aromatic ring is 1. The second-order valence-electron chi connectivity index (χ2n) is 8.48. The lowest BCUT2D eigenvalue weighted by atomic mass is 10.1. The minimum Gasteiger partial charge on any atom is -0.465 e. The van der Waals surface area contributed by atoms with Gasteiger partial charge in [-0.25, -0.2) is 19.7 Å². The number of thioether (sulfide) groups is 1. The second-order valence-corrected chi connectivity index (χ2v) is 9.68. The predicted octanol–water partition coefficient (Wildman–Crippen LogP) is 5.34. The van der Waals surface area contributed by atoms with E-state index >= 15 is 0 Å². The van der Waals surface area contributed by atoms with Crippen molar-refractivity contribution >= 4 is 47.8 Å². The van der Waals surface area contributed by atoms with Crippen molar-refractivity contribution in [2.45, 2.75) is 52.8 Å². The molecule has 1 atom stereocenters. The van der Waals surface area contributed by atoms with E-state index in [4.69, 9.17) is 5.73 Å². The molecule has 12 nitrogen and oxygen atoms in total. The predicted molar refractivity (Wildman–Crippen MR) is 169 cm³/mol. The summed E-state index contributed by atoms with van der Waals surface area (Å²) in [6, 6.07) is 0.308. The van der Waals surface area contributed by atoms with Crippen LogP contribution in [0.25, 0.3) is 0 Å². The maximum atomic E-state index is 12.4. The SMILES string of the molecule is C=C(S/C(C=O)=C\C)C(C)NC(=O)c1ncnc(N)c1C(=O)OC.CCCC.CNc1cc(C(F)(F)F)c(C=O)cn1.COC. The Hall–Kier alpha value is -4.31. The van der Waals surface area contributed by atoms with E-state index in [2.05, 4.69) is 55.5 Å². The molecular formula is C29H41F3N6O6S. The van der Waals surface area contributed by atoms with Gasteiger partial charge in [0.25, 0.3) is 5.91 Å². The monoisotopic (exact) mass is 658 g/mol. The molecule has 0 aromatic carbocycles. The molecule has 250 valence electrons. The molecular weight excluding hydrogens is 617 g/mol. The number of rotatable bonds is 10. The Kier molecular flexibility index (Phi) is 22.0. The summed E-state index contributed by atoms with van der Waals surface area (Å²) in [5, 5.41) is 5.10. The van der Waals surface area contributed by atoms with Crippen molar-refractivity contribution in [3.05, 3.63) is 63.4 Å². The lowest BCUT2D eigenvalue weighted by Crippen LogP contribution is -2.35. The third kappa shape index (κ3) is 15.8. The number of pyridine rings is 1. The number of nitrogens with zero attached hydrogens (tertiary/aromatic N) is 3. The molecule has 0 saturated carbocycles. The number of unbranched alkanes of at least 4 members (excludes halogenated alkanes) is 1. The number of nitrogens with two attached hydrogens (primary N) is 1. The number of allylic oxidation sites excluding steroid dienone is 2. The van der Waals surface area contributed by atoms with Crippen LogP contribution in [0.2, 0.25) is 0 Å². The summed E-state index contributed by atoms with van der Waals surface area (Å²) in [7, 11) is 5.86. The second kappa shape index (κ2) is 23.1. The van der Waals surface area contributed by atoms with Gasteiger partial charge in [0.2, 0.25) is 0 Å². The number of hydrogen-bond donors (Lipinski definition) is 3. The molecule has 0 aliphatic heterocycles. The van der Waals surface area contributed by atoms with Gasteiger partial charge in [0.1, 0.15) is 29.2 Å². The summed E-state index contributed by atoms with van der Waals surface area (Å²) < 4.78 is 45.9. The molecule has 2 aromatic heterocycles. The zero-order chi connectivity index (χ0) is 35.2. The van der Waals surface area contributed by atoms with E-state index in [-0.39, 0.29) is 29.2 Å². The third-order valence-corrected chi connectivity index (χ3v) is 6.27. The summed E-state index contributed by atoms with van der Waals surface area (Å²) in [4.78, 5) is 57.4. The summed E-state index contributed by atoms with van der Waals surface area (Å²) >= 11 is 1.14. The number of ether oxygens (including phenoxy) is 2. The van der Waals surface area contributed by atoms with E-state index in [0.29, 0.717) is 16.1 Å². The topological polar surface area (TPSA) is 175 Å². The minimum absolute atomic E-state index is 0.0722. The quantitative estimate of drug-likeness (QED) is 0.170. The molecule has 2 rings (SSSR count). The molecule has 1 unspecified atom stereocenters. The Morgan fingerprint density at radius 3 is 2.13 bits per heavy atom. The molecule has 0 saturated heterocycles. The van der Waals surface area contributed by atoms with Gasteiger partial charge in [-0.3, -0.25) is 14.4 Å². The molecule has 0 aliphatic carbocycles. The van der Waals surface area contributed by atoms with Crippen LogP contribution in [0.15, 0.2) is 41.1 Å². The molecule has 16 heteroatoms. The highest BCUT2D eigenvalue weighted by Crippen LogP contribution is 2.32. The van der Waals surface area contributed by atoms with Crippen molar-refractivity contribution in [2.24, 2.45) is 0 Å². The first kappa shape index (κ1) is 42.8. The number of anilines is 2. The Labute approximate surface area is 265 Å². The molecule has 0 aliphatic rings. The van der Waals surface area contributed by atoms with E-state index in [1.54, 1.807) is 34.1 Å². The standard InChI is InChI=1S/C15H18N4O4S.C8H7F3N2O.C4H10.C2H6O/c1-5-10(6-20)24-9(3)8(2)19-14(21)12-11(15(22)23-4)13(16)18-7-17-12;1-12-7-2-6(8(9,10)11)5(4-14)3-13-7;1-3-4-2;1-3-2/h5-8H,3H2,1-2,4H3,(H,19,21)(H2,16,17,18);2-4H,1H3,(H,12,13);3-4H2,1-2H3;1-2H3/b10-5-;;;. The van der Waals surface area contributed by atoms with Gasteiger partial charge in [0, 0.05) is 42.8 Å². The fourth-order valence-electron chi connectivity index (χ4n) is 2.55. The van der Waals surface area contributed by atoms with Crippen molar-refractivity contribution in [1.82, 2.24) is 20.3 Å². The first-order chi connectivity index (χ1) is 21.2. The van der Waals surface area contributed by atoms with Gasteiger partial charge in [-0.2, -0.15) is 13.2 Å². The number of carbonyl (C=O) groups excluding carboxylic acids is 4. The van der Waals surface area contributed by atoms with Crippen molar-refractivity contribution in [2.75, 3.05) is 39.4 Å². The Morgan fingerprint density at radius 1 is 1.13 bits per heavy atom. The first-order valence-electron chi connectivity index (χ1n) is 13.2. The van der Waals surface area contributed by atoms with Gasteiger partial charge in [-0.1, -0.05) is 51.1 Å². The van der Waals surface area contributed by atoms with Crippen LogP contribution in [0.4, 0.5) is 24.8 Å². The average molecular weight is 659 g/mol. The number of alkyl halides is 3. The molecule has 2 aromatic rings. The van der Waals surface area contributed by atoms with Crippen LogP contribution < -0.4 is 16.4 Å². The number of aldehydes is 2. The Bertz CT molecular complexity index is 1290. The molecule has 45 heavy (non-hydrogen) atoms. The van der Waals surface area contributed by atoms with Gasteiger partial charge < -0.3 is 25.8 Å². The number of amides is 1. The molecule has 0 radical (unpaired) electrons. The van der Waals surface area contributed by atoms with Crippen molar-refractivity contribution in [3.63, 3.8) is 0 Å². The molecule has 2 heterocycles. The van der Waals surface area contributed by atoms with Gasteiger partial charge in [0.15, 0.2) is 12.6 Å². The number of carbonyl (C=O) groups is 4. The van der Waals surface area contributed by atoms with Crippen LogP contribution in [0, 0.1) is 0 Å². The van der Waals surface area contributed by atoms with E-state index in [1.165, 1.54) is 19.9 Å². The van der Waals surface area contributed by atoms with Crippen molar-refractivity contribution < 1.29 is 41.8 Å². The smallest absolute Gasteiger partial charge is 0.417 e. The molecule has 0 bridgehead atoms. The van der Waals surface area contributed by atoms with Crippen LogP contribution in [0.5, 0.6) is 0 Å². The Balaban J connectivity index is 0. The highest BCUT2D eigenvalue weighted by atomic mass is 32.2. The average Bonchev–Trinajstić information content (AvgIpc) is 3.02. The van der Waals surface area contributed by atoms with Crippen molar-refractivity contribution in [1.29, 1.82) is 0 Å². The Morgan fingerprint density at radius 2 is 1.71 bits per heavy atom. The number of hydrogen-bond acceptors (Lipinski definition) is 12. The normalized spacial score (nSPS) is 11.0. The molecule has 0 spiro atoms. The summed E-state index contributed by atoms with van der Waals surface area (Å²) in [6.45, 7) is 11.6. The van der Waals surface area contributed by atoms with Crippen LogP contribution in [-0.4, -0.2) is 73.8 Å². The lowest BCUT2D eigenvalue weighted by molar-refractivity contribution is -0.137. The van der Waals surface area contributed by atoms with Crippen LogP contribution in [-0.2, 0) is 20.4 Å². The zero-order valence-corrected chi connectivity index (χ0v) is 27.4. The lowest BCUT2D eigenvalue weighted by Gasteiger charge is -2.17. The number of methoxy groups -OCH3 is 2. The van der Waals surface area contributed by atoms with Gasteiger partial charge in [-0.15, -0.1) is 0 Å². The third-order valence-electron chi connectivity index (χ3n) is 5.08. The molecule has 1 amide bonds. The van der Waals surface area contributed by atoms with E-state index < -0.39 is 35.2 Å². The maximum Gasteiger partial charge on any atom is 0.417 e. The van der Waals surface area contributed by atoms with Crippen LogP contribution in [0.1, 0.15) is 77.3 Å². The number of aromatic nitrogens is 3. The highest BCUT2D eigenvalue weighted by molar-refractivity contribution is 8.07. The zero-order valence-electron chi connectivity index (χ0n) is 26.6. The maximum absolute atomic E-state index is 12.4. The summed E-state index contributed by atoms with van der Waals surface area (Å²) in [5.41, 5.74) is 3.79. The first-order valence-corrected chi connectivity index (χ1v) is 14.1. The highest BCUT2D eigenvalue weighted by Gasteiger charge is 2.34. The summed E-state index contributed by atoms with van der Waals surface area (Å²) in [6.07, 6.45) is 2.54. The van der Waals surface area contributed by atoms with Gasteiger partial charge >= 0.3 is 12.1 Å². The van der Waals surface area contributed by atoms with E-state index in [9.17, 15) is 32.3 Å². The molecule has 0 fully saturated rings. The number of nitrogens with one attached hydrogen (secondary N) is 2. The van der Waals surface area contributed by atoms with E-state index in [0.717, 1.165) is 37.5 Å². The minimum atomic E-state index is -4.54. The van der Waals surface area contributed by atoms with E-state index in [1.807, 2.05) is 0 Å². The van der Waals surface area contributed by atoms with Crippen LogP contribution in [0.3, 0.4) is 0 Å². The summed E-state index contributed by atoms with van der Waals surface area (Å²) in [5.74, 6) is -1.52. The van der Waals surface area contributed by atoms with Gasteiger partial charge in [0.05, 0.1) is 18.7 Å². The fourth-order valence-corrected chi connectivity index (χ4v) is 3.26. The molecule has 4 N–H and O–H groups in total. The number of esters is 1.